The lowest BCUT2D eigenvalue weighted by atomic mass is 10.4. The Morgan fingerprint density at radius 3 is 1.75 bits per heavy atom. The molecule has 0 aliphatic carbocycles. The summed E-state index contributed by atoms with van der Waals surface area (Å²) in [4.78, 5) is 8.81. The minimum Gasteiger partial charge on any atom is -0.304 e. The second-order valence-corrected chi connectivity index (χ2v) is 1.29. The number of carbonyl (C=O) groups excluding carboxylic acids is 1. The highest BCUT2D eigenvalue weighted by Crippen LogP contribution is 1.81. The van der Waals surface area contributed by atoms with Gasteiger partial charge in [0.05, 0.1) is 0 Å². The molecule has 0 amide bonds. The number of hydrogen-bond donors (Lipinski definition) is 0. The van der Waals surface area contributed by atoms with Crippen molar-refractivity contribution in [2.24, 2.45) is 0 Å². The summed E-state index contributed by atoms with van der Waals surface area (Å²) in [7, 11) is 0. The van der Waals surface area contributed by atoms with Gasteiger partial charge in [0, 0.05) is 0 Å². The smallest absolute Gasteiger partial charge is 0.116 e. The molecule has 0 saturated carbocycles. The molecule has 0 bridgehead atoms. The van der Waals surface area contributed by atoms with Gasteiger partial charge in [0.2, 0.25) is 0 Å². The van der Waals surface area contributed by atoms with Crippen LogP contribution in [0.1, 0.15) is 13.8 Å². The van der Waals surface area contributed by atoms with Crippen LogP contribution in [0.25, 0.3) is 0 Å². The van der Waals surface area contributed by atoms with E-state index in [1.54, 1.807) is 6.08 Å². The molecule has 0 spiro atoms. The Hall–Kier alpha value is -0.850. The molecule has 1 nitrogen and oxygen atoms in total. The Morgan fingerprint density at radius 2 is 1.75 bits per heavy atom. The molecule has 1 heteroatoms. The van der Waals surface area contributed by atoms with Gasteiger partial charge in [-0.2, -0.15) is 0 Å². The van der Waals surface area contributed by atoms with Gasteiger partial charge in [0.1, 0.15) is 6.29 Å². The van der Waals surface area contributed by atoms with Gasteiger partial charge in [0.15, 0.2) is 0 Å². The molecule has 0 fully saturated rings. The van der Waals surface area contributed by atoms with Crippen molar-refractivity contribution < 1.29 is 4.79 Å². The first-order chi connectivity index (χ1) is 3.68. The summed E-state index contributed by atoms with van der Waals surface area (Å²) < 4.78 is 0. The second-order valence-electron chi connectivity index (χ2n) is 1.29. The molecule has 0 atom stereocenters. The third-order valence-corrected chi connectivity index (χ3v) is 0.348. The van der Waals surface area contributed by atoms with Crippen molar-refractivity contribution in [2.45, 2.75) is 13.8 Å². The fourth-order valence-corrected chi connectivity index (χ4v) is 0. The van der Waals surface area contributed by atoms with Crippen molar-refractivity contribution in [3.8, 4) is 0 Å². The van der Waals surface area contributed by atoms with Gasteiger partial charge in [-0.05, 0) is 13.8 Å². The molecular formula is C7H12O. The molecule has 0 aromatic rings. The largest absolute Gasteiger partial charge is 0.304 e. The maximum Gasteiger partial charge on any atom is 0.116 e. The third kappa shape index (κ3) is 67.1. The lowest BCUT2D eigenvalue weighted by Gasteiger charge is -1.71. The molecule has 0 aliphatic rings. The Labute approximate surface area is 50.7 Å². The second kappa shape index (κ2) is 9.47. The molecule has 0 aromatic carbocycles. The Balaban J connectivity index is 0. The Bertz CT molecular complexity index is 82.4. The van der Waals surface area contributed by atoms with E-state index in [9.17, 15) is 0 Å². The molecule has 0 heterocycles. The molecule has 0 radical (unpaired) electrons. The van der Waals surface area contributed by atoms with E-state index in [4.69, 9.17) is 4.79 Å². The molecule has 0 N–H and O–H groups in total. The number of allylic oxidation sites excluding steroid dienone is 2. The standard InChI is InChI=1S/C5H8.C2H4O/c1-4-5(2)3;1-2-3/h4H,1-2H2,3H3;2H,1H3. The quantitative estimate of drug-likeness (QED) is 0.374. The van der Waals surface area contributed by atoms with Crippen LogP contribution in [0.15, 0.2) is 24.8 Å². The maximum atomic E-state index is 8.81. The van der Waals surface area contributed by atoms with Crippen LogP contribution in [0.5, 0.6) is 0 Å². The summed E-state index contributed by atoms with van der Waals surface area (Å²) in [6.07, 6.45) is 2.47. The topological polar surface area (TPSA) is 17.1 Å². The van der Waals surface area contributed by atoms with Crippen LogP contribution < -0.4 is 0 Å². The van der Waals surface area contributed by atoms with Gasteiger partial charge in [0.25, 0.3) is 0 Å². The number of aldehydes is 1. The first-order valence-corrected chi connectivity index (χ1v) is 2.36. The minimum absolute atomic E-state index is 0.750. The van der Waals surface area contributed by atoms with Crippen LogP contribution in [-0.4, -0.2) is 6.29 Å². The van der Waals surface area contributed by atoms with Crippen molar-refractivity contribution in [3.05, 3.63) is 24.8 Å². The summed E-state index contributed by atoms with van der Waals surface area (Å²) in [5, 5.41) is 0. The molecule has 0 aromatic heterocycles. The van der Waals surface area contributed by atoms with E-state index in [1.807, 2.05) is 6.92 Å². The summed E-state index contributed by atoms with van der Waals surface area (Å²) in [6.45, 7) is 10.4. The van der Waals surface area contributed by atoms with Crippen molar-refractivity contribution in [2.75, 3.05) is 0 Å². The predicted molar refractivity (Wildman–Crippen MR) is 36.7 cm³/mol. The average Bonchev–Trinajstić information content (AvgIpc) is 1.69. The highest BCUT2D eigenvalue weighted by molar-refractivity contribution is 5.44. The van der Waals surface area contributed by atoms with E-state index in [2.05, 4.69) is 13.2 Å². The van der Waals surface area contributed by atoms with Gasteiger partial charge >= 0.3 is 0 Å². The van der Waals surface area contributed by atoms with E-state index in [0.717, 1.165) is 11.9 Å². The minimum atomic E-state index is 0.750. The summed E-state index contributed by atoms with van der Waals surface area (Å²) in [6, 6.07) is 0. The highest BCUT2D eigenvalue weighted by Gasteiger charge is 1.59. The predicted octanol–water partition coefficient (Wildman–Crippen LogP) is 1.95. The molecular weight excluding hydrogens is 100 g/mol. The van der Waals surface area contributed by atoms with E-state index < -0.39 is 0 Å². The highest BCUT2D eigenvalue weighted by atomic mass is 16.1. The van der Waals surface area contributed by atoms with E-state index in [1.165, 1.54) is 6.92 Å². The zero-order valence-corrected chi connectivity index (χ0v) is 5.48. The molecule has 0 rings (SSSR count). The van der Waals surface area contributed by atoms with Gasteiger partial charge in [-0.3, -0.25) is 0 Å². The lowest BCUT2D eigenvalue weighted by Crippen LogP contribution is -1.50. The van der Waals surface area contributed by atoms with E-state index in [-0.39, 0.29) is 0 Å². The van der Waals surface area contributed by atoms with Gasteiger partial charge in [-0.1, -0.05) is 24.8 Å². The van der Waals surface area contributed by atoms with Gasteiger partial charge in [-0.25, -0.2) is 0 Å². The van der Waals surface area contributed by atoms with Crippen LogP contribution in [0, 0.1) is 0 Å². The lowest BCUT2D eigenvalue weighted by molar-refractivity contribution is -0.106. The zero-order valence-electron chi connectivity index (χ0n) is 5.48. The van der Waals surface area contributed by atoms with Crippen LogP contribution in [0.3, 0.4) is 0 Å². The van der Waals surface area contributed by atoms with E-state index >= 15 is 0 Å². The van der Waals surface area contributed by atoms with Crippen molar-refractivity contribution in [1.82, 2.24) is 0 Å². The maximum absolute atomic E-state index is 8.81. The fourth-order valence-electron chi connectivity index (χ4n) is 0. The van der Waals surface area contributed by atoms with Crippen LogP contribution in [-0.2, 0) is 4.79 Å². The SMILES string of the molecule is C=CC(=C)C.CC=O. The first-order valence-electron chi connectivity index (χ1n) is 2.36. The third-order valence-electron chi connectivity index (χ3n) is 0.348. The van der Waals surface area contributed by atoms with Gasteiger partial charge < -0.3 is 4.79 Å². The van der Waals surface area contributed by atoms with E-state index in [0.29, 0.717) is 0 Å². The van der Waals surface area contributed by atoms with Gasteiger partial charge in [-0.15, -0.1) is 0 Å². The molecule has 8 heavy (non-hydrogen) atoms. The summed E-state index contributed by atoms with van der Waals surface area (Å²) >= 11 is 0. The average molecular weight is 112 g/mol. The first kappa shape index (κ1) is 10.2. The molecule has 0 saturated heterocycles. The molecule has 0 aliphatic heterocycles. The zero-order chi connectivity index (χ0) is 6.99. The monoisotopic (exact) mass is 112 g/mol. The molecule has 0 unspecified atom stereocenters. The number of rotatable bonds is 1. The van der Waals surface area contributed by atoms with Crippen molar-refractivity contribution in [3.63, 3.8) is 0 Å². The fraction of sp³-hybridized carbons (Fsp3) is 0.286. The summed E-state index contributed by atoms with van der Waals surface area (Å²) in [5.74, 6) is 0. The van der Waals surface area contributed by atoms with Crippen LogP contribution in [0.2, 0.25) is 0 Å². The van der Waals surface area contributed by atoms with Crippen molar-refractivity contribution in [1.29, 1.82) is 0 Å². The Kier molecular flexibility index (Phi) is 12.1. The summed E-state index contributed by atoms with van der Waals surface area (Å²) in [5.41, 5.74) is 1.02. The number of carbonyl (C=O) groups is 1. The normalized spacial score (nSPS) is 5.75. The number of hydrogen-bond acceptors (Lipinski definition) is 1. The van der Waals surface area contributed by atoms with Crippen molar-refractivity contribution >= 4 is 6.29 Å². The Morgan fingerprint density at radius 1 is 1.62 bits per heavy atom. The van der Waals surface area contributed by atoms with Crippen LogP contribution in [0.4, 0.5) is 0 Å². The molecule has 46 valence electrons. The van der Waals surface area contributed by atoms with Crippen LogP contribution >= 0.6 is 0 Å².